The van der Waals surface area contributed by atoms with E-state index in [9.17, 15) is 9.18 Å². The van der Waals surface area contributed by atoms with Crippen LogP contribution in [0.15, 0.2) is 47.5 Å². The zero-order valence-electron chi connectivity index (χ0n) is 17.6. The van der Waals surface area contributed by atoms with Gasteiger partial charge in [-0.15, -0.1) is 24.0 Å². The number of carbonyl (C=O) groups is 1. The maximum Gasteiger partial charge on any atom is 0.222 e. The molecule has 0 atom stereocenters. The third-order valence-corrected chi connectivity index (χ3v) is 5.01. The van der Waals surface area contributed by atoms with Crippen molar-refractivity contribution in [3.63, 3.8) is 0 Å². The number of hydrogen-bond acceptors (Lipinski definition) is 2. The quantitative estimate of drug-likeness (QED) is 0.326. The third kappa shape index (κ3) is 6.97. The van der Waals surface area contributed by atoms with Gasteiger partial charge in [-0.25, -0.2) is 9.38 Å². The molecule has 1 saturated heterocycles. The summed E-state index contributed by atoms with van der Waals surface area (Å²) in [7, 11) is 0. The van der Waals surface area contributed by atoms with Gasteiger partial charge < -0.3 is 15.5 Å². The smallest absolute Gasteiger partial charge is 0.222 e. The van der Waals surface area contributed by atoms with E-state index in [1.807, 2.05) is 17.9 Å². The summed E-state index contributed by atoms with van der Waals surface area (Å²) < 4.78 is 13.4. The molecule has 1 heterocycles. The van der Waals surface area contributed by atoms with Gasteiger partial charge in [-0.2, -0.15) is 0 Å². The van der Waals surface area contributed by atoms with E-state index in [2.05, 4.69) is 39.9 Å². The molecule has 0 unspecified atom stereocenters. The normalized spacial score (nSPS) is 13.9. The lowest BCUT2D eigenvalue weighted by Gasteiger charge is -2.16. The van der Waals surface area contributed by atoms with E-state index in [0.29, 0.717) is 31.6 Å². The Bertz CT molecular complexity index is 870. The third-order valence-electron chi connectivity index (χ3n) is 5.01. The lowest BCUT2D eigenvalue weighted by molar-refractivity contribution is -0.128. The molecule has 0 radical (unpaired) electrons. The Hall–Kier alpha value is -2.16. The number of amides is 1. The number of benzene rings is 2. The Morgan fingerprint density at radius 1 is 1.10 bits per heavy atom. The van der Waals surface area contributed by atoms with E-state index in [0.717, 1.165) is 42.2 Å². The van der Waals surface area contributed by atoms with E-state index < -0.39 is 0 Å². The van der Waals surface area contributed by atoms with Crippen LogP contribution in [0.5, 0.6) is 0 Å². The van der Waals surface area contributed by atoms with Crippen LogP contribution in [-0.4, -0.2) is 29.9 Å². The zero-order valence-corrected chi connectivity index (χ0v) is 19.9. The molecule has 1 aliphatic rings. The summed E-state index contributed by atoms with van der Waals surface area (Å²) in [6.07, 6.45) is 1.64. The van der Waals surface area contributed by atoms with Gasteiger partial charge in [0, 0.05) is 32.6 Å². The molecule has 1 fully saturated rings. The lowest BCUT2D eigenvalue weighted by atomic mass is 10.1. The number of nitrogens with one attached hydrogen (secondary N) is 2. The van der Waals surface area contributed by atoms with Crippen molar-refractivity contribution in [3.8, 4) is 0 Å². The molecule has 0 aromatic heterocycles. The van der Waals surface area contributed by atoms with Crippen LogP contribution < -0.4 is 10.6 Å². The first kappa shape index (κ1) is 24.1. The number of carbonyl (C=O) groups excluding carboxylic acids is 1. The molecule has 0 spiro atoms. The van der Waals surface area contributed by atoms with Crippen LogP contribution >= 0.6 is 24.0 Å². The molecule has 30 heavy (non-hydrogen) atoms. The molecule has 0 aliphatic carbocycles. The topological polar surface area (TPSA) is 56.7 Å². The second-order valence-corrected chi connectivity index (χ2v) is 7.37. The van der Waals surface area contributed by atoms with Crippen molar-refractivity contribution in [1.82, 2.24) is 15.5 Å². The van der Waals surface area contributed by atoms with Gasteiger partial charge in [0.25, 0.3) is 0 Å². The molecule has 0 bridgehead atoms. The second kappa shape index (κ2) is 11.9. The zero-order chi connectivity index (χ0) is 20.6. The number of likely N-dealkylation sites (tertiary alicyclic amines) is 1. The van der Waals surface area contributed by atoms with Gasteiger partial charge in [-0.05, 0) is 48.6 Å². The SMILES string of the molecule is CCNC(=NCc1ccc(F)c(C)c1)NCc1ccc(CN2CCCC2=O)cc1.I. The van der Waals surface area contributed by atoms with Crippen molar-refractivity contribution >= 4 is 35.8 Å². The van der Waals surface area contributed by atoms with Crippen LogP contribution in [-0.2, 0) is 24.4 Å². The molecule has 1 aliphatic heterocycles. The van der Waals surface area contributed by atoms with Crippen molar-refractivity contribution in [1.29, 1.82) is 0 Å². The van der Waals surface area contributed by atoms with Crippen LogP contribution in [0.3, 0.4) is 0 Å². The predicted molar refractivity (Wildman–Crippen MR) is 129 cm³/mol. The molecule has 2 N–H and O–H groups in total. The summed E-state index contributed by atoms with van der Waals surface area (Å²) in [5.41, 5.74) is 3.90. The highest BCUT2D eigenvalue weighted by Gasteiger charge is 2.19. The van der Waals surface area contributed by atoms with E-state index in [-0.39, 0.29) is 35.7 Å². The van der Waals surface area contributed by atoms with Gasteiger partial charge in [-0.1, -0.05) is 36.4 Å². The fourth-order valence-electron chi connectivity index (χ4n) is 3.36. The number of halogens is 2. The Morgan fingerprint density at radius 3 is 2.43 bits per heavy atom. The largest absolute Gasteiger partial charge is 0.357 e. The van der Waals surface area contributed by atoms with Gasteiger partial charge in [0.05, 0.1) is 6.54 Å². The Kier molecular flexibility index (Phi) is 9.55. The summed E-state index contributed by atoms with van der Waals surface area (Å²) in [6.45, 7) is 7.22. The highest BCUT2D eigenvalue weighted by molar-refractivity contribution is 14.0. The standard InChI is InChI=1S/C23H29FN4O.HI/c1-3-25-23(27-15-20-10-11-21(24)17(2)13-20)26-14-18-6-8-19(9-7-18)16-28-12-4-5-22(28)29;/h6-11,13H,3-5,12,14-16H2,1-2H3,(H2,25,26,27);1H. The molecular formula is C23H30FIN4O. The van der Waals surface area contributed by atoms with Crippen LogP contribution in [0.25, 0.3) is 0 Å². The van der Waals surface area contributed by atoms with E-state index in [1.54, 1.807) is 13.0 Å². The monoisotopic (exact) mass is 524 g/mol. The molecule has 2 aromatic rings. The molecule has 3 rings (SSSR count). The van der Waals surface area contributed by atoms with Crippen LogP contribution in [0, 0.1) is 12.7 Å². The van der Waals surface area contributed by atoms with Crippen molar-refractivity contribution in [2.45, 2.75) is 46.3 Å². The van der Waals surface area contributed by atoms with Gasteiger partial charge in [0.2, 0.25) is 5.91 Å². The van der Waals surface area contributed by atoms with Crippen molar-refractivity contribution in [2.24, 2.45) is 4.99 Å². The number of rotatable bonds is 7. The second-order valence-electron chi connectivity index (χ2n) is 7.37. The van der Waals surface area contributed by atoms with Crippen molar-refractivity contribution in [2.75, 3.05) is 13.1 Å². The Labute approximate surface area is 195 Å². The average molecular weight is 524 g/mol. The molecule has 7 heteroatoms. The minimum Gasteiger partial charge on any atom is -0.357 e. The first-order chi connectivity index (χ1) is 14.0. The predicted octanol–water partition coefficient (Wildman–Crippen LogP) is 4.13. The lowest BCUT2D eigenvalue weighted by Crippen LogP contribution is -2.36. The number of aryl methyl sites for hydroxylation is 1. The van der Waals surface area contributed by atoms with Gasteiger partial charge >= 0.3 is 0 Å². The summed E-state index contributed by atoms with van der Waals surface area (Å²) in [6, 6.07) is 13.4. The first-order valence-corrected chi connectivity index (χ1v) is 10.2. The molecule has 2 aromatic carbocycles. The molecule has 5 nitrogen and oxygen atoms in total. The van der Waals surface area contributed by atoms with Crippen molar-refractivity contribution in [3.05, 3.63) is 70.5 Å². The molecular weight excluding hydrogens is 494 g/mol. The van der Waals surface area contributed by atoms with Crippen molar-refractivity contribution < 1.29 is 9.18 Å². The summed E-state index contributed by atoms with van der Waals surface area (Å²) in [5.74, 6) is 0.778. The van der Waals surface area contributed by atoms with E-state index in [1.165, 1.54) is 6.07 Å². The number of aliphatic imine (C=N–C) groups is 1. The number of guanidine groups is 1. The summed E-state index contributed by atoms with van der Waals surface area (Å²) >= 11 is 0. The maximum atomic E-state index is 13.4. The minimum absolute atomic E-state index is 0. The maximum absolute atomic E-state index is 13.4. The van der Waals surface area contributed by atoms with Gasteiger partial charge in [0.15, 0.2) is 5.96 Å². The van der Waals surface area contributed by atoms with Crippen LogP contribution in [0.2, 0.25) is 0 Å². The fourth-order valence-corrected chi connectivity index (χ4v) is 3.36. The Morgan fingerprint density at radius 2 is 1.80 bits per heavy atom. The first-order valence-electron chi connectivity index (χ1n) is 10.2. The van der Waals surface area contributed by atoms with E-state index in [4.69, 9.17) is 0 Å². The highest BCUT2D eigenvalue weighted by atomic mass is 127. The average Bonchev–Trinajstić information content (AvgIpc) is 3.12. The Balaban J connectivity index is 0.00000320. The van der Waals surface area contributed by atoms with Gasteiger partial charge in [-0.3, -0.25) is 4.79 Å². The number of hydrogen-bond donors (Lipinski definition) is 2. The summed E-state index contributed by atoms with van der Waals surface area (Å²) in [4.78, 5) is 18.3. The molecule has 1 amide bonds. The minimum atomic E-state index is -0.194. The fraction of sp³-hybridized carbons (Fsp3) is 0.391. The van der Waals surface area contributed by atoms with Crippen LogP contribution in [0.1, 0.15) is 42.0 Å². The van der Waals surface area contributed by atoms with Gasteiger partial charge in [0.1, 0.15) is 5.82 Å². The number of nitrogens with zero attached hydrogens (tertiary/aromatic N) is 2. The molecule has 162 valence electrons. The van der Waals surface area contributed by atoms with E-state index >= 15 is 0 Å². The highest BCUT2D eigenvalue weighted by Crippen LogP contribution is 2.15. The summed E-state index contributed by atoms with van der Waals surface area (Å²) in [5, 5.41) is 6.57. The molecule has 0 saturated carbocycles. The van der Waals surface area contributed by atoms with Crippen LogP contribution in [0.4, 0.5) is 4.39 Å².